The minimum Gasteiger partial charge on any atom is -0.349 e. The van der Waals surface area contributed by atoms with Gasteiger partial charge >= 0.3 is 0 Å². The molecule has 0 fully saturated rings. The molecular weight excluding hydrogens is 192 g/mol. The topological polar surface area (TPSA) is 72.9 Å². The third kappa shape index (κ3) is 3.06. The zero-order chi connectivity index (χ0) is 11.4. The van der Waals surface area contributed by atoms with Crippen molar-refractivity contribution >= 4 is 5.91 Å². The van der Waals surface area contributed by atoms with Crippen molar-refractivity contribution in [2.45, 2.75) is 26.3 Å². The summed E-state index contributed by atoms with van der Waals surface area (Å²) in [4.78, 5) is 11.7. The highest BCUT2D eigenvalue weighted by molar-refractivity contribution is 5.92. The summed E-state index contributed by atoms with van der Waals surface area (Å²) >= 11 is 0. The molecule has 3 N–H and O–H groups in total. The molecule has 0 radical (unpaired) electrons. The molecule has 1 heterocycles. The first kappa shape index (κ1) is 11.7. The van der Waals surface area contributed by atoms with Crippen LogP contribution in [-0.2, 0) is 13.5 Å². The standard InChI is InChI=1S/C10H18N4O/c1-4-8-5-9(14(3)13-8)10(15)12-6-7(2)11/h5,7H,4,6,11H2,1-3H3,(H,12,15). The van der Waals surface area contributed by atoms with Crippen LogP contribution in [0.2, 0.25) is 0 Å². The maximum absolute atomic E-state index is 11.7. The van der Waals surface area contributed by atoms with Gasteiger partial charge in [-0.05, 0) is 19.4 Å². The van der Waals surface area contributed by atoms with E-state index in [1.807, 2.05) is 13.8 Å². The van der Waals surface area contributed by atoms with Gasteiger partial charge in [0.2, 0.25) is 0 Å². The molecule has 0 aliphatic carbocycles. The fourth-order valence-electron chi connectivity index (χ4n) is 1.26. The van der Waals surface area contributed by atoms with Gasteiger partial charge in [-0.3, -0.25) is 9.48 Å². The van der Waals surface area contributed by atoms with Gasteiger partial charge in [0.05, 0.1) is 5.69 Å². The van der Waals surface area contributed by atoms with Crippen molar-refractivity contribution in [1.29, 1.82) is 0 Å². The number of hydrogen-bond donors (Lipinski definition) is 2. The summed E-state index contributed by atoms with van der Waals surface area (Å²) in [6, 6.07) is 1.77. The molecule has 0 bridgehead atoms. The van der Waals surface area contributed by atoms with E-state index in [1.165, 1.54) is 0 Å². The predicted octanol–water partition coefficient (Wildman–Crippen LogP) is 0.0595. The number of aryl methyl sites for hydroxylation is 2. The molecule has 1 aromatic heterocycles. The molecule has 84 valence electrons. The van der Waals surface area contributed by atoms with Crippen LogP contribution < -0.4 is 11.1 Å². The Hall–Kier alpha value is -1.36. The molecule has 0 aromatic carbocycles. The minimum absolute atomic E-state index is 0.0344. The van der Waals surface area contributed by atoms with E-state index in [2.05, 4.69) is 10.4 Å². The second kappa shape index (κ2) is 4.93. The molecule has 5 heteroatoms. The summed E-state index contributed by atoms with van der Waals surface area (Å²) < 4.78 is 1.59. The van der Waals surface area contributed by atoms with Crippen molar-refractivity contribution in [2.24, 2.45) is 12.8 Å². The molecular formula is C10H18N4O. The van der Waals surface area contributed by atoms with E-state index in [-0.39, 0.29) is 11.9 Å². The summed E-state index contributed by atoms with van der Waals surface area (Å²) in [5, 5.41) is 6.95. The number of nitrogens with one attached hydrogen (secondary N) is 1. The van der Waals surface area contributed by atoms with Crippen LogP contribution in [0.5, 0.6) is 0 Å². The molecule has 0 spiro atoms. The van der Waals surface area contributed by atoms with Gasteiger partial charge in [0.1, 0.15) is 5.69 Å². The average molecular weight is 210 g/mol. The third-order valence-corrected chi connectivity index (χ3v) is 2.11. The van der Waals surface area contributed by atoms with E-state index in [9.17, 15) is 4.79 Å². The Morgan fingerprint density at radius 1 is 1.73 bits per heavy atom. The van der Waals surface area contributed by atoms with Gasteiger partial charge in [-0.25, -0.2) is 0 Å². The number of nitrogens with two attached hydrogens (primary N) is 1. The first-order valence-electron chi connectivity index (χ1n) is 5.11. The number of carbonyl (C=O) groups is 1. The van der Waals surface area contributed by atoms with Gasteiger partial charge in [0.15, 0.2) is 0 Å². The number of amides is 1. The second-order valence-corrected chi connectivity index (χ2v) is 3.69. The average Bonchev–Trinajstić information content (AvgIpc) is 2.56. The first-order chi connectivity index (χ1) is 7.04. The highest BCUT2D eigenvalue weighted by atomic mass is 16.2. The Labute approximate surface area is 89.6 Å². The molecule has 15 heavy (non-hydrogen) atoms. The molecule has 1 amide bonds. The Bertz CT molecular complexity index is 343. The van der Waals surface area contributed by atoms with Crippen LogP contribution in [0.25, 0.3) is 0 Å². The van der Waals surface area contributed by atoms with Crippen LogP contribution >= 0.6 is 0 Å². The second-order valence-electron chi connectivity index (χ2n) is 3.69. The summed E-state index contributed by atoms with van der Waals surface area (Å²) in [6.07, 6.45) is 0.828. The zero-order valence-electron chi connectivity index (χ0n) is 9.45. The Balaban J connectivity index is 2.68. The van der Waals surface area contributed by atoms with Crippen LogP contribution in [-0.4, -0.2) is 28.3 Å². The van der Waals surface area contributed by atoms with Crippen molar-refractivity contribution < 1.29 is 4.79 Å². The number of hydrogen-bond acceptors (Lipinski definition) is 3. The molecule has 1 atom stereocenters. The van der Waals surface area contributed by atoms with E-state index in [0.717, 1.165) is 12.1 Å². The van der Waals surface area contributed by atoms with Crippen molar-refractivity contribution in [3.8, 4) is 0 Å². The SMILES string of the molecule is CCc1cc(C(=O)NCC(C)N)n(C)n1. The van der Waals surface area contributed by atoms with Crippen molar-refractivity contribution in [2.75, 3.05) is 6.54 Å². The lowest BCUT2D eigenvalue weighted by Gasteiger charge is -2.07. The first-order valence-corrected chi connectivity index (χ1v) is 5.11. The largest absolute Gasteiger partial charge is 0.349 e. The van der Waals surface area contributed by atoms with Gasteiger partial charge in [-0.1, -0.05) is 6.92 Å². The quantitative estimate of drug-likeness (QED) is 0.738. The Morgan fingerprint density at radius 2 is 2.40 bits per heavy atom. The van der Waals surface area contributed by atoms with Gasteiger partial charge in [0.25, 0.3) is 5.91 Å². The molecule has 0 aliphatic heterocycles. The van der Waals surface area contributed by atoms with E-state index < -0.39 is 0 Å². The number of rotatable bonds is 4. The minimum atomic E-state index is -0.123. The Morgan fingerprint density at radius 3 is 2.87 bits per heavy atom. The summed E-state index contributed by atoms with van der Waals surface area (Å²) in [7, 11) is 1.76. The highest BCUT2D eigenvalue weighted by Gasteiger charge is 2.12. The fourth-order valence-corrected chi connectivity index (χ4v) is 1.26. The molecule has 0 aliphatic rings. The molecule has 1 rings (SSSR count). The molecule has 5 nitrogen and oxygen atoms in total. The van der Waals surface area contributed by atoms with Gasteiger partial charge in [-0.15, -0.1) is 0 Å². The van der Waals surface area contributed by atoms with Crippen LogP contribution in [0.4, 0.5) is 0 Å². The van der Waals surface area contributed by atoms with Crippen LogP contribution in [0.1, 0.15) is 30.0 Å². The number of carbonyl (C=O) groups excluding carboxylic acids is 1. The van der Waals surface area contributed by atoms with Gasteiger partial charge in [-0.2, -0.15) is 5.10 Å². The maximum atomic E-state index is 11.7. The molecule has 1 unspecified atom stereocenters. The zero-order valence-corrected chi connectivity index (χ0v) is 9.45. The predicted molar refractivity (Wildman–Crippen MR) is 58.6 cm³/mol. The molecule has 1 aromatic rings. The fraction of sp³-hybridized carbons (Fsp3) is 0.600. The maximum Gasteiger partial charge on any atom is 0.269 e. The lowest BCUT2D eigenvalue weighted by atomic mass is 10.3. The van der Waals surface area contributed by atoms with E-state index in [1.54, 1.807) is 17.8 Å². The Kier molecular flexibility index (Phi) is 3.85. The summed E-state index contributed by atoms with van der Waals surface area (Å²) in [5.41, 5.74) is 7.05. The van der Waals surface area contributed by atoms with Gasteiger partial charge < -0.3 is 11.1 Å². The number of nitrogens with zero attached hydrogens (tertiary/aromatic N) is 2. The third-order valence-electron chi connectivity index (χ3n) is 2.11. The van der Waals surface area contributed by atoms with E-state index in [4.69, 9.17) is 5.73 Å². The van der Waals surface area contributed by atoms with Gasteiger partial charge in [0, 0.05) is 19.6 Å². The molecule has 0 saturated carbocycles. The lowest BCUT2D eigenvalue weighted by molar-refractivity contribution is 0.0942. The summed E-state index contributed by atoms with van der Waals surface area (Å²) in [5.74, 6) is -0.123. The van der Waals surface area contributed by atoms with Crippen molar-refractivity contribution in [3.63, 3.8) is 0 Å². The summed E-state index contributed by atoms with van der Waals surface area (Å²) in [6.45, 7) is 4.33. The normalized spacial score (nSPS) is 12.5. The highest BCUT2D eigenvalue weighted by Crippen LogP contribution is 2.03. The van der Waals surface area contributed by atoms with Crippen LogP contribution in [0.3, 0.4) is 0 Å². The lowest BCUT2D eigenvalue weighted by Crippen LogP contribution is -2.35. The van der Waals surface area contributed by atoms with Crippen molar-refractivity contribution in [1.82, 2.24) is 15.1 Å². The van der Waals surface area contributed by atoms with Crippen molar-refractivity contribution in [3.05, 3.63) is 17.5 Å². The number of aromatic nitrogens is 2. The smallest absolute Gasteiger partial charge is 0.269 e. The van der Waals surface area contributed by atoms with E-state index in [0.29, 0.717) is 12.2 Å². The van der Waals surface area contributed by atoms with Crippen LogP contribution in [0, 0.1) is 0 Å². The monoisotopic (exact) mass is 210 g/mol. The van der Waals surface area contributed by atoms with E-state index >= 15 is 0 Å². The van der Waals surface area contributed by atoms with Crippen LogP contribution in [0.15, 0.2) is 6.07 Å². The molecule has 0 saturated heterocycles.